The molecule has 4 rings (SSSR count). The molecule has 1 aromatic heterocycles. The second kappa shape index (κ2) is 7.13. The molecule has 0 atom stereocenters. The SMILES string of the molecule is O=C1S/C(=C\c2cccs2)C(=O)N1CCCN1C(=O)c2ccccc2C1=O. The van der Waals surface area contributed by atoms with Gasteiger partial charge in [-0.3, -0.25) is 29.0 Å². The molecule has 2 aliphatic rings. The van der Waals surface area contributed by atoms with E-state index in [4.69, 9.17) is 0 Å². The van der Waals surface area contributed by atoms with E-state index in [1.54, 1.807) is 30.3 Å². The number of thiophene rings is 1. The van der Waals surface area contributed by atoms with E-state index >= 15 is 0 Å². The normalized spacial score (nSPS) is 18.1. The first-order chi connectivity index (χ1) is 13.1. The molecule has 2 aliphatic heterocycles. The van der Waals surface area contributed by atoms with E-state index in [0.29, 0.717) is 22.5 Å². The Morgan fingerprint density at radius 2 is 1.48 bits per heavy atom. The van der Waals surface area contributed by atoms with Crippen LogP contribution in [-0.2, 0) is 4.79 Å². The van der Waals surface area contributed by atoms with E-state index in [2.05, 4.69) is 0 Å². The molecule has 0 N–H and O–H groups in total. The number of hydrogen-bond acceptors (Lipinski definition) is 6. The Labute approximate surface area is 163 Å². The molecular weight excluding hydrogens is 384 g/mol. The summed E-state index contributed by atoms with van der Waals surface area (Å²) in [5.41, 5.74) is 0.792. The minimum Gasteiger partial charge on any atom is -0.274 e. The van der Waals surface area contributed by atoms with Gasteiger partial charge < -0.3 is 0 Å². The van der Waals surface area contributed by atoms with Crippen molar-refractivity contribution in [2.45, 2.75) is 6.42 Å². The summed E-state index contributed by atoms with van der Waals surface area (Å²) >= 11 is 2.40. The van der Waals surface area contributed by atoms with Gasteiger partial charge >= 0.3 is 0 Å². The maximum absolute atomic E-state index is 12.4. The summed E-state index contributed by atoms with van der Waals surface area (Å²) < 4.78 is 0. The monoisotopic (exact) mass is 398 g/mol. The fourth-order valence-electron chi connectivity index (χ4n) is 3.02. The van der Waals surface area contributed by atoms with Crippen LogP contribution in [0.25, 0.3) is 6.08 Å². The Hall–Kier alpha value is -2.71. The zero-order valence-corrected chi connectivity index (χ0v) is 15.7. The highest BCUT2D eigenvalue weighted by atomic mass is 32.2. The number of carbonyl (C=O) groups excluding carboxylic acids is 4. The lowest BCUT2D eigenvalue weighted by Gasteiger charge is -2.16. The van der Waals surface area contributed by atoms with Crippen molar-refractivity contribution in [2.24, 2.45) is 0 Å². The fourth-order valence-corrected chi connectivity index (χ4v) is 4.61. The second-order valence-electron chi connectivity index (χ2n) is 6.01. The number of nitrogens with zero attached hydrogens (tertiary/aromatic N) is 2. The van der Waals surface area contributed by atoms with Gasteiger partial charge in [-0.2, -0.15) is 0 Å². The maximum atomic E-state index is 12.4. The van der Waals surface area contributed by atoms with Gasteiger partial charge in [0.05, 0.1) is 16.0 Å². The molecule has 1 aromatic carbocycles. The van der Waals surface area contributed by atoms with Gasteiger partial charge in [-0.25, -0.2) is 0 Å². The largest absolute Gasteiger partial charge is 0.293 e. The molecule has 0 unspecified atom stereocenters. The summed E-state index contributed by atoms with van der Waals surface area (Å²) in [6, 6.07) is 10.4. The molecule has 2 aromatic rings. The lowest BCUT2D eigenvalue weighted by atomic mass is 10.1. The first-order valence-electron chi connectivity index (χ1n) is 8.30. The molecule has 1 saturated heterocycles. The van der Waals surface area contributed by atoms with Gasteiger partial charge in [0, 0.05) is 18.0 Å². The molecule has 136 valence electrons. The average molecular weight is 398 g/mol. The van der Waals surface area contributed by atoms with Crippen molar-refractivity contribution >= 4 is 52.1 Å². The number of benzene rings is 1. The van der Waals surface area contributed by atoms with Gasteiger partial charge in [-0.1, -0.05) is 18.2 Å². The highest BCUT2D eigenvalue weighted by Crippen LogP contribution is 2.33. The van der Waals surface area contributed by atoms with E-state index in [0.717, 1.165) is 16.6 Å². The minimum atomic E-state index is -0.333. The Kier molecular flexibility index (Phi) is 4.67. The second-order valence-corrected chi connectivity index (χ2v) is 7.98. The highest BCUT2D eigenvalue weighted by Gasteiger charge is 2.37. The molecule has 1 fully saturated rings. The van der Waals surface area contributed by atoms with E-state index in [9.17, 15) is 19.2 Å². The molecule has 0 saturated carbocycles. The van der Waals surface area contributed by atoms with E-state index < -0.39 is 0 Å². The van der Waals surface area contributed by atoms with Crippen LogP contribution >= 0.6 is 23.1 Å². The van der Waals surface area contributed by atoms with Crippen LogP contribution in [0.2, 0.25) is 0 Å². The van der Waals surface area contributed by atoms with Gasteiger partial charge in [-0.15, -0.1) is 11.3 Å². The Balaban J connectivity index is 1.39. The molecule has 27 heavy (non-hydrogen) atoms. The third-order valence-corrected chi connectivity index (χ3v) is 6.06. The molecule has 0 bridgehead atoms. The quantitative estimate of drug-likeness (QED) is 0.569. The smallest absolute Gasteiger partial charge is 0.274 e. The molecule has 0 spiro atoms. The molecule has 8 heteroatoms. The molecular formula is C19H14N2O4S2. The lowest BCUT2D eigenvalue weighted by molar-refractivity contribution is -0.122. The van der Waals surface area contributed by atoms with Crippen molar-refractivity contribution in [3.63, 3.8) is 0 Å². The van der Waals surface area contributed by atoms with Crippen LogP contribution < -0.4 is 0 Å². The van der Waals surface area contributed by atoms with Crippen LogP contribution in [-0.4, -0.2) is 45.9 Å². The summed E-state index contributed by atoms with van der Waals surface area (Å²) in [6.07, 6.45) is 2.05. The lowest BCUT2D eigenvalue weighted by Crippen LogP contribution is -2.35. The number of rotatable bonds is 5. The molecule has 6 nitrogen and oxygen atoms in total. The van der Waals surface area contributed by atoms with Gasteiger partial charge in [0.2, 0.25) is 0 Å². The zero-order chi connectivity index (χ0) is 19.0. The summed E-state index contributed by atoms with van der Waals surface area (Å²) in [4.78, 5) is 52.9. The minimum absolute atomic E-state index is 0.165. The van der Waals surface area contributed by atoms with Crippen LogP contribution in [0.5, 0.6) is 0 Å². The van der Waals surface area contributed by atoms with Crippen molar-refractivity contribution in [3.8, 4) is 0 Å². The number of carbonyl (C=O) groups is 4. The highest BCUT2D eigenvalue weighted by molar-refractivity contribution is 8.18. The number of thioether (sulfide) groups is 1. The van der Waals surface area contributed by atoms with Gasteiger partial charge in [0.1, 0.15) is 0 Å². The van der Waals surface area contributed by atoms with Crippen molar-refractivity contribution < 1.29 is 19.2 Å². The standard InChI is InChI=1S/C19H14N2O4S2/c22-16-13-6-1-2-7-14(13)17(23)20(16)8-4-9-21-18(24)15(27-19(21)25)11-12-5-3-10-26-12/h1-3,5-7,10-11H,4,8-9H2/b15-11-. The molecule has 3 heterocycles. The first-order valence-corrected chi connectivity index (χ1v) is 10.00. The number of imide groups is 2. The predicted molar refractivity (Wildman–Crippen MR) is 103 cm³/mol. The Bertz CT molecular complexity index is 946. The summed E-state index contributed by atoms with van der Waals surface area (Å²) in [7, 11) is 0. The first kappa shape index (κ1) is 17.7. The Morgan fingerprint density at radius 3 is 2.11 bits per heavy atom. The zero-order valence-electron chi connectivity index (χ0n) is 14.1. The average Bonchev–Trinajstić information content (AvgIpc) is 3.33. The van der Waals surface area contributed by atoms with Crippen LogP contribution in [0, 0.1) is 0 Å². The topological polar surface area (TPSA) is 74.8 Å². The van der Waals surface area contributed by atoms with E-state index in [1.807, 2.05) is 17.5 Å². The summed E-state index contributed by atoms with van der Waals surface area (Å²) in [6.45, 7) is 0.331. The Morgan fingerprint density at radius 1 is 0.815 bits per heavy atom. The maximum Gasteiger partial charge on any atom is 0.293 e. The predicted octanol–water partition coefficient (Wildman–Crippen LogP) is 3.47. The fraction of sp³-hybridized carbons (Fsp3) is 0.158. The van der Waals surface area contributed by atoms with Gasteiger partial charge in [-0.05, 0) is 47.8 Å². The summed E-state index contributed by atoms with van der Waals surface area (Å²) in [5.74, 6) is -0.995. The third kappa shape index (κ3) is 3.22. The number of hydrogen-bond donors (Lipinski definition) is 0. The molecule has 4 amide bonds. The number of amides is 4. The third-order valence-electron chi connectivity index (χ3n) is 4.33. The van der Waals surface area contributed by atoms with Crippen LogP contribution in [0.1, 0.15) is 32.0 Å². The van der Waals surface area contributed by atoms with Crippen LogP contribution in [0.3, 0.4) is 0 Å². The molecule has 0 radical (unpaired) electrons. The summed E-state index contributed by atoms with van der Waals surface area (Å²) in [5, 5.41) is 1.57. The van der Waals surface area contributed by atoms with E-state index in [1.165, 1.54) is 21.1 Å². The molecule has 0 aliphatic carbocycles. The van der Waals surface area contributed by atoms with Crippen LogP contribution in [0.15, 0.2) is 46.7 Å². The van der Waals surface area contributed by atoms with Crippen molar-refractivity contribution in [1.82, 2.24) is 9.80 Å². The van der Waals surface area contributed by atoms with Crippen molar-refractivity contribution in [2.75, 3.05) is 13.1 Å². The van der Waals surface area contributed by atoms with Crippen molar-refractivity contribution in [1.29, 1.82) is 0 Å². The van der Waals surface area contributed by atoms with Crippen LogP contribution in [0.4, 0.5) is 4.79 Å². The van der Waals surface area contributed by atoms with Gasteiger partial charge in [0.25, 0.3) is 23.0 Å². The van der Waals surface area contributed by atoms with E-state index in [-0.39, 0.29) is 36.1 Å². The van der Waals surface area contributed by atoms with Crippen molar-refractivity contribution in [3.05, 3.63) is 62.7 Å². The van der Waals surface area contributed by atoms with Gasteiger partial charge in [0.15, 0.2) is 0 Å². The number of fused-ring (bicyclic) bond motifs is 1.